The van der Waals surface area contributed by atoms with Crippen molar-refractivity contribution >= 4 is 5.91 Å². The van der Waals surface area contributed by atoms with Crippen molar-refractivity contribution < 1.29 is 19.0 Å². The molecule has 1 N–H and O–H groups in total. The van der Waals surface area contributed by atoms with Gasteiger partial charge in [-0.2, -0.15) is 0 Å². The van der Waals surface area contributed by atoms with Crippen LogP contribution >= 0.6 is 0 Å². The normalized spacial score (nSPS) is 18.8. The molecule has 1 saturated heterocycles. The molecule has 33 heavy (non-hydrogen) atoms. The molecule has 1 unspecified atom stereocenters. The topological polar surface area (TPSA) is 65.9 Å². The number of ether oxygens (including phenoxy) is 1. The highest BCUT2D eigenvalue weighted by Crippen LogP contribution is 2.44. The number of carbonyl (C=O) groups is 1. The summed E-state index contributed by atoms with van der Waals surface area (Å²) in [6, 6.07) is 10.7. The summed E-state index contributed by atoms with van der Waals surface area (Å²) < 4.78 is 20.1. The van der Waals surface area contributed by atoms with E-state index < -0.39 is 11.2 Å². The van der Waals surface area contributed by atoms with Crippen molar-refractivity contribution in [3.63, 3.8) is 0 Å². The summed E-state index contributed by atoms with van der Waals surface area (Å²) in [5.74, 6) is -0.486. The van der Waals surface area contributed by atoms with Gasteiger partial charge in [-0.25, -0.2) is 4.39 Å². The summed E-state index contributed by atoms with van der Waals surface area (Å²) >= 11 is 0. The number of hydrogen-bond donors (Lipinski definition) is 1. The predicted molar refractivity (Wildman–Crippen MR) is 124 cm³/mol. The van der Waals surface area contributed by atoms with E-state index in [1.165, 1.54) is 6.07 Å². The van der Waals surface area contributed by atoms with Gasteiger partial charge in [0.15, 0.2) is 0 Å². The molecule has 4 rings (SSSR count). The number of likely N-dealkylation sites (N-methyl/N-ethyl adjacent to an activating group) is 1. The van der Waals surface area contributed by atoms with Crippen LogP contribution in [0.25, 0.3) is 0 Å². The zero-order chi connectivity index (χ0) is 23.6. The van der Waals surface area contributed by atoms with Crippen LogP contribution in [-0.2, 0) is 28.2 Å². The first kappa shape index (κ1) is 23.8. The standard InChI is InChI=1S/C26H34FN3O3/c1-25(2,32)18-29(3)24(31)20(14-22-6-4-5-11-28-22)16-30-12-9-26(10-13-30)23-15-21(27)8-7-19(23)17-33-26/h4-8,11,15,20,32H,9-10,12-14,16-18H2,1-3H3. The second kappa shape index (κ2) is 9.49. The van der Waals surface area contributed by atoms with Crippen molar-refractivity contribution in [1.29, 1.82) is 0 Å². The molecule has 1 amide bonds. The number of rotatable bonds is 7. The summed E-state index contributed by atoms with van der Waals surface area (Å²) in [5, 5.41) is 10.2. The van der Waals surface area contributed by atoms with Gasteiger partial charge in [0.25, 0.3) is 0 Å². The van der Waals surface area contributed by atoms with Crippen LogP contribution < -0.4 is 0 Å². The second-order valence-electron chi connectivity index (χ2n) is 10.1. The van der Waals surface area contributed by atoms with Gasteiger partial charge < -0.3 is 19.6 Å². The summed E-state index contributed by atoms with van der Waals surface area (Å²) in [7, 11) is 1.74. The number of pyridine rings is 1. The van der Waals surface area contributed by atoms with E-state index in [-0.39, 0.29) is 24.2 Å². The first-order chi connectivity index (χ1) is 15.7. The van der Waals surface area contributed by atoms with Crippen LogP contribution in [0.1, 0.15) is 43.5 Å². The van der Waals surface area contributed by atoms with Gasteiger partial charge >= 0.3 is 0 Å². The number of fused-ring (bicyclic) bond motifs is 2. The molecule has 1 fully saturated rings. The number of amides is 1. The van der Waals surface area contributed by atoms with E-state index in [4.69, 9.17) is 4.74 Å². The third kappa shape index (κ3) is 5.60. The molecular formula is C26H34FN3O3. The van der Waals surface area contributed by atoms with Gasteiger partial charge in [-0.15, -0.1) is 0 Å². The van der Waals surface area contributed by atoms with E-state index >= 15 is 0 Å². The van der Waals surface area contributed by atoms with Crippen molar-refractivity contribution in [3.8, 4) is 0 Å². The molecule has 1 atom stereocenters. The van der Waals surface area contributed by atoms with E-state index in [0.717, 1.165) is 42.8 Å². The Morgan fingerprint density at radius 3 is 2.73 bits per heavy atom. The molecule has 2 aliphatic heterocycles. The highest BCUT2D eigenvalue weighted by atomic mass is 19.1. The predicted octanol–water partition coefficient (Wildman–Crippen LogP) is 3.13. The van der Waals surface area contributed by atoms with Gasteiger partial charge in [-0.05, 0) is 62.1 Å². The van der Waals surface area contributed by atoms with Gasteiger partial charge in [0.1, 0.15) is 5.82 Å². The van der Waals surface area contributed by atoms with Crippen LogP contribution in [0, 0.1) is 11.7 Å². The molecule has 3 heterocycles. The number of benzene rings is 1. The molecule has 0 radical (unpaired) electrons. The molecular weight excluding hydrogens is 421 g/mol. The lowest BCUT2D eigenvalue weighted by Gasteiger charge is -2.40. The van der Waals surface area contributed by atoms with Gasteiger partial charge in [0.05, 0.1) is 23.7 Å². The van der Waals surface area contributed by atoms with E-state index in [1.807, 2.05) is 24.3 Å². The largest absolute Gasteiger partial charge is 0.389 e. The molecule has 1 aromatic heterocycles. The summed E-state index contributed by atoms with van der Waals surface area (Å²) in [6.07, 6.45) is 3.83. The number of hydrogen-bond acceptors (Lipinski definition) is 5. The van der Waals surface area contributed by atoms with Crippen molar-refractivity contribution in [3.05, 3.63) is 65.2 Å². The van der Waals surface area contributed by atoms with Crippen LogP contribution in [0.2, 0.25) is 0 Å². The quantitative estimate of drug-likeness (QED) is 0.695. The maximum absolute atomic E-state index is 13.9. The molecule has 1 aromatic carbocycles. The molecule has 0 saturated carbocycles. The molecule has 6 nitrogen and oxygen atoms in total. The van der Waals surface area contributed by atoms with Crippen molar-refractivity contribution in [2.45, 2.75) is 50.9 Å². The third-order valence-electron chi connectivity index (χ3n) is 6.74. The Hall–Kier alpha value is -2.35. The van der Waals surface area contributed by atoms with Crippen molar-refractivity contribution in [2.75, 3.05) is 33.2 Å². The van der Waals surface area contributed by atoms with Crippen LogP contribution in [0.5, 0.6) is 0 Å². The number of carbonyl (C=O) groups excluding carboxylic acids is 1. The Morgan fingerprint density at radius 2 is 2.06 bits per heavy atom. The van der Waals surface area contributed by atoms with Gasteiger partial charge in [-0.3, -0.25) is 9.78 Å². The van der Waals surface area contributed by atoms with Gasteiger partial charge in [0.2, 0.25) is 5.91 Å². The number of aromatic nitrogens is 1. The zero-order valence-corrected chi connectivity index (χ0v) is 19.8. The second-order valence-corrected chi connectivity index (χ2v) is 10.1. The minimum Gasteiger partial charge on any atom is -0.389 e. The Labute approximate surface area is 195 Å². The molecule has 1 spiro atoms. The molecule has 7 heteroatoms. The number of nitrogens with zero attached hydrogens (tertiary/aromatic N) is 3. The van der Waals surface area contributed by atoms with E-state index in [2.05, 4.69) is 9.88 Å². The zero-order valence-electron chi connectivity index (χ0n) is 19.8. The number of halogens is 1. The molecule has 0 aliphatic carbocycles. The number of likely N-dealkylation sites (tertiary alicyclic amines) is 1. The lowest BCUT2D eigenvalue weighted by Crippen LogP contribution is -2.48. The lowest BCUT2D eigenvalue weighted by atomic mass is 9.83. The van der Waals surface area contributed by atoms with Crippen LogP contribution in [0.4, 0.5) is 4.39 Å². The number of piperidine rings is 1. The van der Waals surface area contributed by atoms with E-state index in [9.17, 15) is 14.3 Å². The molecule has 2 aromatic rings. The number of aliphatic hydroxyl groups is 1. The Bertz CT molecular complexity index is 968. The summed E-state index contributed by atoms with van der Waals surface area (Å²) in [6.45, 7) is 6.36. The smallest absolute Gasteiger partial charge is 0.227 e. The van der Waals surface area contributed by atoms with E-state index in [1.54, 1.807) is 38.1 Å². The molecule has 2 aliphatic rings. The third-order valence-corrected chi connectivity index (χ3v) is 6.74. The maximum atomic E-state index is 13.9. The summed E-state index contributed by atoms with van der Waals surface area (Å²) in [4.78, 5) is 21.7. The van der Waals surface area contributed by atoms with Crippen molar-refractivity contribution in [1.82, 2.24) is 14.8 Å². The fraction of sp³-hybridized carbons (Fsp3) is 0.538. The highest BCUT2D eigenvalue weighted by molar-refractivity contribution is 5.79. The van der Waals surface area contributed by atoms with Crippen LogP contribution in [-0.4, -0.2) is 64.6 Å². The Morgan fingerprint density at radius 1 is 1.30 bits per heavy atom. The summed E-state index contributed by atoms with van der Waals surface area (Å²) in [5.41, 5.74) is 1.55. The minimum atomic E-state index is -0.958. The Balaban J connectivity index is 1.45. The van der Waals surface area contributed by atoms with E-state index in [0.29, 0.717) is 19.6 Å². The first-order valence-corrected chi connectivity index (χ1v) is 11.7. The van der Waals surface area contributed by atoms with Gasteiger partial charge in [-0.1, -0.05) is 12.1 Å². The SMILES string of the molecule is CN(CC(C)(C)O)C(=O)C(Cc1ccccn1)CN1CCC2(CC1)OCc1ccc(F)cc12. The van der Waals surface area contributed by atoms with Crippen molar-refractivity contribution in [2.24, 2.45) is 5.92 Å². The average molecular weight is 456 g/mol. The van der Waals surface area contributed by atoms with Gasteiger partial charge in [0, 0.05) is 51.5 Å². The lowest BCUT2D eigenvalue weighted by molar-refractivity contribution is -0.138. The fourth-order valence-corrected chi connectivity index (χ4v) is 5.19. The van der Waals surface area contributed by atoms with Crippen LogP contribution in [0.15, 0.2) is 42.6 Å². The minimum absolute atomic E-state index is 0.00704. The average Bonchev–Trinajstić information content (AvgIpc) is 3.11. The first-order valence-electron chi connectivity index (χ1n) is 11.7. The maximum Gasteiger partial charge on any atom is 0.227 e. The monoisotopic (exact) mass is 455 g/mol. The molecule has 0 bridgehead atoms. The fourth-order valence-electron chi connectivity index (χ4n) is 5.19. The highest BCUT2D eigenvalue weighted by Gasteiger charge is 2.43. The van der Waals surface area contributed by atoms with Crippen LogP contribution in [0.3, 0.4) is 0 Å². The Kier molecular flexibility index (Phi) is 6.84. The molecule has 178 valence electrons.